The average molecular weight is 281 g/mol. The maximum Gasteiger partial charge on any atom is 0.335 e. The van der Waals surface area contributed by atoms with E-state index in [2.05, 4.69) is 0 Å². The Balaban J connectivity index is 2.07. The van der Waals surface area contributed by atoms with Gasteiger partial charge in [-0.25, -0.2) is 4.79 Å². The maximum absolute atomic E-state index is 11.8. The van der Waals surface area contributed by atoms with Gasteiger partial charge in [-0.2, -0.15) is 0 Å². The van der Waals surface area contributed by atoms with Gasteiger partial charge in [0.15, 0.2) is 0 Å². The van der Waals surface area contributed by atoms with Crippen LogP contribution in [0.2, 0.25) is 0 Å². The molecule has 0 saturated carbocycles. The van der Waals surface area contributed by atoms with Crippen molar-refractivity contribution >= 4 is 17.9 Å². The minimum atomic E-state index is -0.958. The highest BCUT2D eigenvalue weighted by Crippen LogP contribution is 2.40. The number of fused-ring (bicyclic) bond motifs is 1. The molecule has 0 bridgehead atoms. The number of hydrogen-bond donors (Lipinski definition) is 2. The summed E-state index contributed by atoms with van der Waals surface area (Å²) in [5, 5.41) is 9.07. The van der Waals surface area contributed by atoms with Crippen LogP contribution in [-0.4, -0.2) is 17.4 Å². The van der Waals surface area contributed by atoms with Crippen LogP contribution in [0, 0.1) is 0 Å². The fourth-order valence-electron chi connectivity index (χ4n) is 3.13. The Hall–Kier alpha value is -2.62. The summed E-state index contributed by atoms with van der Waals surface area (Å²) >= 11 is 0. The van der Waals surface area contributed by atoms with E-state index in [-0.39, 0.29) is 5.56 Å². The van der Waals surface area contributed by atoms with Gasteiger partial charge < -0.3 is 15.6 Å². The lowest BCUT2D eigenvalue weighted by Gasteiger charge is -2.24. The van der Waals surface area contributed by atoms with E-state index in [0.29, 0.717) is 18.5 Å². The molecule has 0 spiro atoms. The van der Waals surface area contributed by atoms with Crippen LogP contribution in [-0.2, 0) is 23.1 Å². The Morgan fingerprint density at radius 1 is 1.14 bits per heavy atom. The van der Waals surface area contributed by atoms with Gasteiger partial charge in [-0.1, -0.05) is 24.3 Å². The molecule has 3 rings (SSSR count). The van der Waals surface area contributed by atoms with Crippen molar-refractivity contribution in [2.24, 2.45) is 0 Å². The summed E-state index contributed by atoms with van der Waals surface area (Å²) in [7, 11) is 0. The van der Waals surface area contributed by atoms with Gasteiger partial charge in [0.05, 0.1) is 11.0 Å². The predicted octanol–water partition coefficient (Wildman–Crippen LogP) is 2.20. The zero-order chi connectivity index (χ0) is 15.0. The monoisotopic (exact) mass is 281 g/mol. The molecule has 0 fully saturated rings. The molecule has 1 aliphatic carbocycles. The first-order chi connectivity index (χ1) is 10.1. The van der Waals surface area contributed by atoms with Gasteiger partial charge in [-0.3, -0.25) is 0 Å². The molecule has 1 atom stereocenters. The van der Waals surface area contributed by atoms with Gasteiger partial charge >= 0.3 is 5.97 Å². The van der Waals surface area contributed by atoms with Gasteiger partial charge in [0.1, 0.15) is 6.29 Å². The Bertz CT molecular complexity index is 739. The van der Waals surface area contributed by atoms with E-state index in [1.165, 1.54) is 0 Å². The van der Waals surface area contributed by atoms with Crippen LogP contribution in [0.4, 0.5) is 5.69 Å². The molecule has 21 heavy (non-hydrogen) atoms. The lowest BCUT2D eigenvalue weighted by molar-refractivity contribution is -0.112. The molecule has 4 nitrogen and oxygen atoms in total. The third kappa shape index (κ3) is 2.09. The highest BCUT2D eigenvalue weighted by atomic mass is 16.4. The van der Waals surface area contributed by atoms with Gasteiger partial charge in [0.2, 0.25) is 0 Å². The highest BCUT2D eigenvalue weighted by Gasteiger charge is 2.40. The van der Waals surface area contributed by atoms with Gasteiger partial charge in [-0.05, 0) is 47.7 Å². The number of aromatic carboxylic acids is 1. The van der Waals surface area contributed by atoms with Crippen molar-refractivity contribution in [1.29, 1.82) is 0 Å². The molecule has 1 unspecified atom stereocenters. The topological polar surface area (TPSA) is 80.4 Å². The van der Waals surface area contributed by atoms with Crippen LogP contribution in [0.25, 0.3) is 0 Å². The van der Waals surface area contributed by atoms with Crippen molar-refractivity contribution in [3.05, 3.63) is 64.7 Å². The van der Waals surface area contributed by atoms with Crippen molar-refractivity contribution in [1.82, 2.24) is 0 Å². The largest absolute Gasteiger partial charge is 0.478 e. The Morgan fingerprint density at radius 2 is 1.86 bits per heavy atom. The highest BCUT2D eigenvalue weighted by molar-refractivity contribution is 5.88. The standard InChI is InChI=1S/C17H15NO3/c18-15-4-2-1-3-14(15)17(10-19)8-12-6-5-11(16(20)21)7-13(12)9-17/h1-7,10H,8-9,18H2,(H,20,21). The van der Waals surface area contributed by atoms with E-state index in [1.54, 1.807) is 24.3 Å². The fourth-order valence-corrected chi connectivity index (χ4v) is 3.13. The smallest absolute Gasteiger partial charge is 0.335 e. The summed E-state index contributed by atoms with van der Waals surface area (Å²) in [5.41, 5.74) is 8.90. The number of nitrogen functional groups attached to an aromatic ring is 1. The van der Waals surface area contributed by atoms with Crippen molar-refractivity contribution in [3.63, 3.8) is 0 Å². The van der Waals surface area contributed by atoms with Crippen molar-refractivity contribution in [2.45, 2.75) is 18.3 Å². The second kappa shape index (κ2) is 4.74. The van der Waals surface area contributed by atoms with E-state index in [1.807, 2.05) is 18.2 Å². The number of carbonyl (C=O) groups excluding carboxylic acids is 1. The zero-order valence-corrected chi connectivity index (χ0v) is 11.4. The number of aldehydes is 1. The molecular formula is C17H15NO3. The summed E-state index contributed by atoms with van der Waals surface area (Å²) in [6.45, 7) is 0. The number of carboxylic acids is 1. The molecule has 0 radical (unpaired) electrons. The zero-order valence-electron chi connectivity index (χ0n) is 11.4. The second-order valence-corrected chi connectivity index (χ2v) is 5.50. The SMILES string of the molecule is Nc1ccccc1C1(C=O)Cc2ccc(C(=O)O)cc2C1. The predicted molar refractivity (Wildman–Crippen MR) is 79.4 cm³/mol. The van der Waals surface area contributed by atoms with E-state index in [0.717, 1.165) is 23.0 Å². The van der Waals surface area contributed by atoms with E-state index in [9.17, 15) is 9.59 Å². The first-order valence-electron chi connectivity index (χ1n) is 6.72. The summed E-state index contributed by atoms with van der Waals surface area (Å²) in [4.78, 5) is 22.9. The second-order valence-electron chi connectivity index (χ2n) is 5.50. The molecule has 0 aliphatic heterocycles. The van der Waals surface area contributed by atoms with E-state index in [4.69, 9.17) is 10.8 Å². The molecule has 2 aromatic rings. The first-order valence-corrected chi connectivity index (χ1v) is 6.72. The summed E-state index contributed by atoms with van der Waals surface area (Å²) in [6, 6.07) is 12.4. The molecule has 3 N–H and O–H groups in total. The lowest BCUT2D eigenvalue weighted by Crippen LogP contribution is -2.29. The van der Waals surface area contributed by atoms with Gasteiger partial charge in [-0.15, -0.1) is 0 Å². The Labute approximate surface area is 122 Å². The number of carbonyl (C=O) groups is 2. The molecule has 0 saturated heterocycles. The first kappa shape index (κ1) is 13.4. The van der Waals surface area contributed by atoms with Crippen LogP contribution in [0.1, 0.15) is 27.0 Å². The Kier molecular flexibility index (Phi) is 3.01. The maximum atomic E-state index is 11.8. The number of rotatable bonds is 3. The molecule has 1 aliphatic rings. The molecule has 0 amide bonds. The van der Waals surface area contributed by atoms with Gasteiger partial charge in [0, 0.05) is 5.69 Å². The van der Waals surface area contributed by atoms with Crippen LogP contribution in [0.5, 0.6) is 0 Å². The fraction of sp³-hybridized carbons (Fsp3) is 0.176. The average Bonchev–Trinajstić information content (AvgIpc) is 2.86. The van der Waals surface area contributed by atoms with Crippen molar-refractivity contribution in [2.75, 3.05) is 5.73 Å². The number of benzene rings is 2. The number of anilines is 1. The number of nitrogens with two attached hydrogens (primary N) is 1. The van der Waals surface area contributed by atoms with E-state index >= 15 is 0 Å². The molecule has 0 aromatic heterocycles. The lowest BCUT2D eigenvalue weighted by atomic mass is 9.78. The molecule has 4 heteroatoms. The summed E-state index contributed by atoms with van der Waals surface area (Å²) in [5.74, 6) is -0.958. The van der Waals surface area contributed by atoms with E-state index < -0.39 is 11.4 Å². The number of carboxylic acid groups (broad SMARTS) is 1. The third-order valence-corrected chi connectivity index (χ3v) is 4.19. The molecule has 0 heterocycles. The normalized spacial score (nSPS) is 20.0. The number of para-hydroxylation sites is 1. The third-order valence-electron chi connectivity index (χ3n) is 4.19. The van der Waals surface area contributed by atoms with Crippen molar-refractivity contribution < 1.29 is 14.7 Å². The molecule has 2 aromatic carbocycles. The van der Waals surface area contributed by atoms with Crippen LogP contribution < -0.4 is 5.73 Å². The summed E-state index contributed by atoms with van der Waals surface area (Å²) in [6.07, 6.45) is 1.99. The summed E-state index contributed by atoms with van der Waals surface area (Å²) < 4.78 is 0. The quantitative estimate of drug-likeness (QED) is 0.667. The van der Waals surface area contributed by atoms with Crippen LogP contribution in [0.3, 0.4) is 0 Å². The number of hydrogen-bond acceptors (Lipinski definition) is 3. The van der Waals surface area contributed by atoms with Gasteiger partial charge in [0.25, 0.3) is 0 Å². The molecule has 106 valence electrons. The molecular weight excluding hydrogens is 266 g/mol. The van der Waals surface area contributed by atoms with Crippen molar-refractivity contribution in [3.8, 4) is 0 Å². The van der Waals surface area contributed by atoms with Crippen LogP contribution in [0.15, 0.2) is 42.5 Å². The minimum Gasteiger partial charge on any atom is -0.478 e. The van der Waals surface area contributed by atoms with Crippen LogP contribution >= 0.6 is 0 Å². The Morgan fingerprint density at radius 3 is 2.52 bits per heavy atom. The minimum absolute atomic E-state index is 0.247.